The highest BCUT2D eigenvalue weighted by Gasteiger charge is 2.15. The van der Waals surface area contributed by atoms with Crippen LogP contribution in [0.1, 0.15) is 60.3 Å². The highest BCUT2D eigenvalue weighted by molar-refractivity contribution is 5.81. The van der Waals surface area contributed by atoms with Crippen LogP contribution in [0.15, 0.2) is 152 Å². The molecule has 6 heterocycles. The van der Waals surface area contributed by atoms with E-state index in [0.717, 1.165) is 75.3 Å². The molecule has 0 aliphatic carbocycles. The van der Waals surface area contributed by atoms with Crippen LogP contribution in [0, 0.1) is 19.4 Å². The van der Waals surface area contributed by atoms with Gasteiger partial charge in [0.05, 0.1) is 0 Å². The molecule has 6 rings (SSSR count). The monoisotopic (exact) mass is 779 g/mol. The van der Waals surface area contributed by atoms with Gasteiger partial charge in [-0.25, -0.2) is 0 Å². The van der Waals surface area contributed by atoms with Crippen molar-refractivity contribution in [3.63, 3.8) is 0 Å². The standard InChI is InChI=1S/C42H41N8O4.C2H6.C2H2/c1-44-21-4-3-6-36(33-19-28-50(54-2)29-20-33)39-11-12-40(46-39)37(32-15-24-48(52)25-16-32)7-5-8-38(43)42(34-17-26-49(53)27-18-34)41-10-9-35(45-41)30-31-13-22-47(51)23-14-31;2*1-2/h1,3-5,8-20,22-29,43,45,53H,6-7,21,30H2,2H3,(H2,46,51,52);1-2H3;1-2H/q+3;;/p+2/b4-3-,8-5-;;. The summed E-state index contributed by atoms with van der Waals surface area (Å²) in [7, 11) is 1.61. The van der Waals surface area contributed by atoms with Gasteiger partial charge in [-0.1, -0.05) is 30.8 Å². The van der Waals surface area contributed by atoms with Gasteiger partial charge in [-0.05, 0) is 82.7 Å². The highest BCUT2D eigenvalue weighted by atomic mass is 16.6. The minimum atomic E-state index is 0.431. The Labute approximate surface area is 338 Å². The summed E-state index contributed by atoms with van der Waals surface area (Å²) in [4.78, 5) is 16.2. The van der Waals surface area contributed by atoms with E-state index < -0.39 is 0 Å². The van der Waals surface area contributed by atoms with Crippen molar-refractivity contribution in [2.75, 3.05) is 13.7 Å². The normalized spacial score (nSPS) is 12.3. The predicted molar refractivity (Wildman–Crippen MR) is 221 cm³/mol. The minimum Gasteiger partial charge on any atom is -0.398 e. The van der Waals surface area contributed by atoms with Crippen LogP contribution in [0.25, 0.3) is 21.6 Å². The molecule has 6 aromatic rings. The Kier molecular flexibility index (Phi) is 16.2. The van der Waals surface area contributed by atoms with Crippen LogP contribution >= 0.6 is 0 Å². The van der Waals surface area contributed by atoms with Gasteiger partial charge in [-0.3, -0.25) is 20.5 Å². The summed E-state index contributed by atoms with van der Waals surface area (Å²) in [6.45, 7) is 9.79. The summed E-state index contributed by atoms with van der Waals surface area (Å²) in [5, 5.41) is 31.4. The van der Waals surface area contributed by atoms with Gasteiger partial charge < -0.3 is 15.7 Å². The number of nitrogens with zero attached hydrogens (tertiary/aromatic N) is 5. The Hall–Kier alpha value is -7.83. The third-order valence-electron chi connectivity index (χ3n) is 8.86. The number of H-pyrrole nitrogens is 2. The molecule has 0 unspecified atom stereocenters. The number of pyridine rings is 4. The average Bonchev–Trinajstić information content (AvgIpc) is 3.93. The van der Waals surface area contributed by atoms with Crippen LogP contribution in [0.2, 0.25) is 0 Å². The van der Waals surface area contributed by atoms with Crippen LogP contribution in [0.4, 0.5) is 0 Å². The van der Waals surface area contributed by atoms with E-state index in [4.69, 9.17) is 17.1 Å². The Morgan fingerprint density at radius 3 is 1.71 bits per heavy atom. The molecular weight excluding hydrogens is 729 g/mol. The average molecular weight is 780 g/mol. The Balaban J connectivity index is 0.00000180. The second-order valence-electron chi connectivity index (χ2n) is 12.4. The van der Waals surface area contributed by atoms with Crippen LogP contribution in [-0.2, 0) is 6.42 Å². The molecule has 294 valence electrons. The maximum absolute atomic E-state index is 10.0. The van der Waals surface area contributed by atoms with Crippen molar-refractivity contribution < 1.29 is 39.4 Å². The third-order valence-corrected chi connectivity index (χ3v) is 8.86. The molecule has 12 heteroatoms. The zero-order valence-corrected chi connectivity index (χ0v) is 33.0. The lowest BCUT2D eigenvalue weighted by atomic mass is 10.00. The van der Waals surface area contributed by atoms with E-state index in [1.807, 2.05) is 99.1 Å². The van der Waals surface area contributed by atoms with Gasteiger partial charge in [-0.2, -0.15) is 0 Å². The largest absolute Gasteiger partial charge is 0.398 e. The number of hydrogen-bond donors (Lipinski definition) is 6. The van der Waals surface area contributed by atoms with Crippen molar-refractivity contribution in [1.82, 2.24) is 9.97 Å². The summed E-state index contributed by atoms with van der Waals surface area (Å²) in [5.41, 5.74) is 15.8. The summed E-state index contributed by atoms with van der Waals surface area (Å²) in [6, 6.07) is 23.2. The van der Waals surface area contributed by atoms with Crippen LogP contribution in [-0.4, -0.2) is 39.2 Å². The second kappa shape index (κ2) is 21.9. The molecule has 0 spiro atoms. The molecule has 0 saturated carbocycles. The number of hydrogen-bond acceptors (Lipinski definition) is 5. The fourth-order valence-electron chi connectivity index (χ4n) is 6.13. The van der Waals surface area contributed by atoms with Gasteiger partial charge in [0.15, 0.2) is 0 Å². The summed E-state index contributed by atoms with van der Waals surface area (Å²) in [6.07, 6.45) is 30.9. The summed E-state index contributed by atoms with van der Waals surface area (Å²) in [5.74, 6) is 0. The first-order valence-corrected chi connectivity index (χ1v) is 18.6. The van der Waals surface area contributed by atoms with Gasteiger partial charge in [0.2, 0.25) is 49.6 Å². The SMILES string of the molecule is C#C.C#[N+]C/C=C\C/C(c1cc[n+](OC)cc1)=c1/cc/c(=C(/C/C=C\C(N)=C(/c2cc[n+](O)cc2)c2ccc(Cc3cc[n+](O)cc3)[nH]2)c2cc[n+](O)cc2)[nH]1.CC. The van der Waals surface area contributed by atoms with Crippen molar-refractivity contribution in [3.05, 3.63) is 202 Å². The molecule has 0 aromatic carbocycles. The van der Waals surface area contributed by atoms with Gasteiger partial charge in [-0.15, -0.1) is 12.8 Å². The molecule has 7 N–H and O–H groups in total. The van der Waals surface area contributed by atoms with Gasteiger partial charge in [0.25, 0.3) is 13.1 Å². The smallest absolute Gasteiger partial charge is 0.281 e. The Morgan fingerprint density at radius 2 is 1.17 bits per heavy atom. The molecule has 6 aromatic heterocycles. The summed E-state index contributed by atoms with van der Waals surface area (Å²) >= 11 is 0. The first-order chi connectivity index (χ1) is 28.3. The number of aromatic amines is 2. The molecule has 0 aliphatic heterocycles. The van der Waals surface area contributed by atoms with Crippen molar-refractivity contribution >= 4 is 16.7 Å². The van der Waals surface area contributed by atoms with E-state index in [1.165, 1.54) is 0 Å². The number of rotatable bonds is 13. The van der Waals surface area contributed by atoms with E-state index >= 15 is 0 Å². The van der Waals surface area contributed by atoms with Crippen LogP contribution in [0.5, 0.6) is 0 Å². The number of aromatic nitrogens is 6. The second-order valence-corrected chi connectivity index (χ2v) is 12.4. The van der Waals surface area contributed by atoms with E-state index in [0.29, 0.717) is 31.5 Å². The minimum absolute atomic E-state index is 0.431. The van der Waals surface area contributed by atoms with Gasteiger partial charge in [0.1, 0.15) is 7.11 Å². The van der Waals surface area contributed by atoms with E-state index in [1.54, 1.807) is 61.2 Å². The highest BCUT2D eigenvalue weighted by Crippen LogP contribution is 2.26. The zero-order valence-electron chi connectivity index (χ0n) is 33.0. The maximum atomic E-state index is 10.0. The topological polar surface area (TPSA) is 147 Å². The Morgan fingerprint density at radius 1 is 0.672 bits per heavy atom. The molecule has 0 bridgehead atoms. The quantitative estimate of drug-likeness (QED) is 0.0347. The van der Waals surface area contributed by atoms with Gasteiger partial charge in [0, 0.05) is 107 Å². The van der Waals surface area contributed by atoms with E-state index in [2.05, 4.69) is 39.8 Å². The molecule has 12 nitrogen and oxygen atoms in total. The molecule has 58 heavy (non-hydrogen) atoms. The predicted octanol–water partition coefficient (Wildman–Crippen LogP) is 3.80. The number of nitrogens with one attached hydrogen (secondary N) is 2. The fraction of sp³-hybridized carbons (Fsp3) is 0.152. The lowest BCUT2D eigenvalue weighted by Gasteiger charge is -2.09. The van der Waals surface area contributed by atoms with E-state index in [-0.39, 0.29) is 0 Å². The van der Waals surface area contributed by atoms with Crippen LogP contribution in [0.3, 0.4) is 0 Å². The number of allylic oxidation sites excluding steroid dienone is 3. The summed E-state index contributed by atoms with van der Waals surface area (Å²) < 4.78 is 4.64. The first-order valence-electron chi connectivity index (χ1n) is 18.6. The maximum Gasteiger partial charge on any atom is 0.281 e. The molecule has 0 saturated heterocycles. The zero-order chi connectivity index (χ0) is 41.9. The molecular formula is C46H51N8O4+5. The molecule has 0 aliphatic rings. The van der Waals surface area contributed by atoms with E-state index in [9.17, 15) is 15.6 Å². The van der Waals surface area contributed by atoms with Gasteiger partial charge >= 0.3 is 0 Å². The molecule has 0 fully saturated rings. The van der Waals surface area contributed by atoms with Crippen molar-refractivity contribution in [2.24, 2.45) is 5.73 Å². The molecule has 0 atom stereocenters. The lowest BCUT2D eigenvalue weighted by Crippen LogP contribution is -2.39. The number of terminal acetylenes is 1. The lowest BCUT2D eigenvalue weighted by molar-refractivity contribution is -0.904. The first kappa shape index (κ1) is 42.9. The molecule has 0 amide bonds. The fourth-order valence-corrected chi connectivity index (χ4v) is 6.13. The van der Waals surface area contributed by atoms with Crippen LogP contribution < -0.4 is 40.2 Å². The molecule has 0 radical (unpaired) electrons. The van der Waals surface area contributed by atoms with Crippen molar-refractivity contribution in [2.45, 2.75) is 33.1 Å². The van der Waals surface area contributed by atoms with Crippen molar-refractivity contribution in [1.29, 1.82) is 0 Å². The Bertz CT molecular complexity index is 2500. The van der Waals surface area contributed by atoms with Crippen molar-refractivity contribution in [3.8, 4) is 19.4 Å². The number of nitrogens with two attached hydrogens (primary N) is 1. The third kappa shape index (κ3) is 11.6.